The van der Waals surface area contributed by atoms with Crippen molar-refractivity contribution in [1.82, 2.24) is 19.4 Å². The Morgan fingerprint density at radius 3 is 2.51 bits per heavy atom. The number of piperidine rings is 1. The number of hydrogen-bond acceptors (Lipinski definition) is 5. The minimum atomic E-state index is -1.04. The molecule has 2 aliphatic rings. The topological polar surface area (TPSA) is 108 Å². The molecule has 2 aromatic carbocycles. The van der Waals surface area contributed by atoms with Crippen molar-refractivity contribution in [2.75, 3.05) is 38.3 Å². The third-order valence-electron chi connectivity index (χ3n) is 9.05. The van der Waals surface area contributed by atoms with E-state index in [2.05, 4.69) is 10.6 Å². The van der Waals surface area contributed by atoms with Gasteiger partial charge in [0.1, 0.15) is 5.82 Å². The third kappa shape index (κ3) is 7.49. The fraction of sp³-hybridized carbons (Fsp3) is 0.543. The summed E-state index contributed by atoms with van der Waals surface area (Å²) in [6, 6.07) is 15.4. The van der Waals surface area contributed by atoms with Gasteiger partial charge in [0.05, 0.1) is 11.0 Å². The Hall–Kier alpha value is -3.92. The smallest absolute Gasteiger partial charge is 0.408 e. The first kappa shape index (κ1) is 32.5. The number of aromatic nitrogens is 2. The second-order valence-electron chi connectivity index (χ2n) is 13.3. The number of rotatable bonds is 11. The number of hydrogen-bond donors (Lipinski definition) is 1. The number of benzene rings is 2. The normalized spacial score (nSPS) is 18.0. The molecule has 242 valence electrons. The van der Waals surface area contributed by atoms with Crippen molar-refractivity contribution in [3.63, 3.8) is 0 Å². The van der Waals surface area contributed by atoms with Crippen LogP contribution in [-0.2, 0) is 27.3 Å². The van der Waals surface area contributed by atoms with Crippen molar-refractivity contribution in [1.29, 1.82) is 0 Å². The Bertz CT molecular complexity index is 1490. The first-order valence-electron chi connectivity index (χ1n) is 16.2. The number of ether oxygens (including phenoxy) is 1. The quantitative estimate of drug-likeness (QED) is 0.277. The molecule has 0 spiro atoms. The number of aryl methyl sites for hydroxylation is 1. The standard InChI is InChI=1S/C35H47N5O5/c1-35(2,3)40(34(43)44)28(22-25-14-16-27(17-15-25)38-19-8-13-31(38)41)23-32(42)37-18-7-10-26(24-37)33-36-29-11-5-6-12-30(29)39(33)20-9-21-45-4/h5-6,11-12,14-17,26,28H,7-10,13,18-24H2,1-4H3,(H,43,44)/t26-,28-/m1/s1. The van der Waals surface area contributed by atoms with Gasteiger partial charge in [0.2, 0.25) is 11.8 Å². The van der Waals surface area contributed by atoms with Crippen LogP contribution in [0, 0.1) is 0 Å². The van der Waals surface area contributed by atoms with Gasteiger partial charge in [-0.1, -0.05) is 24.3 Å². The van der Waals surface area contributed by atoms with E-state index in [1.807, 2.05) is 68.1 Å². The lowest BCUT2D eigenvalue weighted by Crippen LogP contribution is -2.54. The number of imidazole rings is 1. The fourth-order valence-corrected chi connectivity index (χ4v) is 7.00. The molecule has 1 N–H and O–H groups in total. The minimum Gasteiger partial charge on any atom is -0.465 e. The summed E-state index contributed by atoms with van der Waals surface area (Å²) >= 11 is 0. The second kappa shape index (κ2) is 14.0. The van der Waals surface area contributed by atoms with E-state index in [0.717, 1.165) is 60.3 Å². The summed E-state index contributed by atoms with van der Waals surface area (Å²) in [5, 5.41) is 10.3. The van der Waals surface area contributed by atoms with Crippen molar-refractivity contribution in [2.45, 2.75) is 89.8 Å². The molecule has 45 heavy (non-hydrogen) atoms. The van der Waals surface area contributed by atoms with Crippen LogP contribution in [-0.4, -0.2) is 87.3 Å². The van der Waals surface area contributed by atoms with Crippen molar-refractivity contribution in [3.05, 3.63) is 59.9 Å². The van der Waals surface area contributed by atoms with Crippen LogP contribution in [0.25, 0.3) is 11.0 Å². The summed E-state index contributed by atoms with van der Waals surface area (Å²) < 4.78 is 7.59. The van der Waals surface area contributed by atoms with Gasteiger partial charge in [0.15, 0.2) is 0 Å². The maximum absolute atomic E-state index is 14.0. The zero-order valence-electron chi connectivity index (χ0n) is 27.1. The van der Waals surface area contributed by atoms with E-state index in [1.165, 1.54) is 4.90 Å². The van der Waals surface area contributed by atoms with Gasteiger partial charge >= 0.3 is 6.09 Å². The number of likely N-dealkylation sites (tertiary alicyclic amines) is 1. The lowest BCUT2D eigenvalue weighted by molar-refractivity contribution is -0.134. The van der Waals surface area contributed by atoms with Crippen LogP contribution in [0.15, 0.2) is 48.5 Å². The van der Waals surface area contributed by atoms with E-state index in [9.17, 15) is 19.5 Å². The number of methoxy groups -OCH3 is 1. The van der Waals surface area contributed by atoms with Crippen LogP contribution < -0.4 is 4.90 Å². The molecule has 5 rings (SSSR count). The van der Waals surface area contributed by atoms with Gasteiger partial charge in [-0.3, -0.25) is 14.5 Å². The Morgan fingerprint density at radius 1 is 1.09 bits per heavy atom. The molecule has 0 bridgehead atoms. The molecule has 10 heteroatoms. The van der Waals surface area contributed by atoms with Crippen molar-refractivity contribution < 1.29 is 24.2 Å². The van der Waals surface area contributed by atoms with Gasteiger partial charge in [0.25, 0.3) is 0 Å². The molecule has 3 amide bonds. The highest BCUT2D eigenvalue weighted by molar-refractivity contribution is 5.95. The highest BCUT2D eigenvalue weighted by Gasteiger charge is 2.37. The number of amides is 3. The zero-order chi connectivity index (χ0) is 32.1. The lowest BCUT2D eigenvalue weighted by atomic mass is 9.93. The monoisotopic (exact) mass is 617 g/mol. The Labute approximate surface area is 265 Å². The number of anilines is 1. The van der Waals surface area contributed by atoms with E-state index < -0.39 is 17.7 Å². The van der Waals surface area contributed by atoms with E-state index >= 15 is 0 Å². The zero-order valence-corrected chi connectivity index (χ0v) is 27.1. The van der Waals surface area contributed by atoms with E-state index in [4.69, 9.17) is 9.72 Å². The molecule has 3 aromatic rings. The van der Waals surface area contributed by atoms with Crippen LogP contribution >= 0.6 is 0 Å². The average molecular weight is 618 g/mol. The fourth-order valence-electron chi connectivity index (χ4n) is 7.00. The van der Waals surface area contributed by atoms with Gasteiger partial charge in [-0.2, -0.15) is 0 Å². The summed E-state index contributed by atoms with van der Waals surface area (Å²) in [6.45, 7) is 8.97. The molecule has 1 aromatic heterocycles. The van der Waals surface area contributed by atoms with Crippen LogP contribution in [0.5, 0.6) is 0 Å². The number of fused-ring (bicyclic) bond motifs is 1. The average Bonchev–Trinajstić information content (AvgIpc) is 3.60. The maximum Gasteiger partial charge on any atom is 0.408 e. The van der Waals surface area contributed by atoms with E-state index in [1.54, 1.807) is 12.0 Å². The largest absolute Gasteiger partial charge is 0.465 e. The SMILES string of the molecule is COCCCn1c([C@@H]2CCCN(C(=O)C[C@@H](Cc3ccc(N4CCCC4=O)cc3)N(C(=O)O)C(C)(C)C)C2)nc2ccccc21. The Kier molecular flexibility index (Phi) is 10.1. The number of carboxylic acid groups (broad SMARTS) is 1. The molecular weight excluding hydrogens is 570 g/mol. The van der Waals surface area contributed by atoms with Gasteiger partial charge in [0, 0.05) is 75.9 Å². The van der Waals surface area contributed by atoms with Gasteiger partial charge in [-0.25, -0.2) is 9.78 Å². The van der Waals surface area contributed by atoms with E-state index in [-0.39, 0.29) is 24.2 Å². The molecule has 2 fully saturated rings. The molecule has 0 saturated carbocycles. The van der Waals surface area contributed by atoms with Crippen LogP contribution in [0.3, 0.4) is 0 Å². The number of nitrogens with zero attached hydrogens (tertiary/aromatic N) is 5. The second-order valence-corrected chi connectivity index (χ2v) is 13.3. The highest BCUT2D eigenvalue weighted by atomic mass is 16.5. The summed E-state index contributed by atoms with van der Waals surface area (Å²) in [5.74, 6) is 1.18. The molecule has 3 heterocycles. The molecule has 0 unspecified atom stereocenters. The minimum absolute atomic E-state index is 0.0403. The van der Waals surface area contributed by atoms with Gasteiger partial charge in [-0.15, -0.1) is 0 Å². The Balaban J connectivity index is 1.35. The number of para-hydroxylation sites is 2. The summed E-state index contributed by atoms with van der Waals surface area (Å²) in [5.41, 5.74) is 3.13. The predicted molar refractivity (Wildman–Crippen MR) is 175 cm³/mol. The van der Waals surface area contributed by atoms with Crippen molar-refractivity contribution in [3.8, 4) is 0 Å². The lowest BCUT2D eigenvalue weighted by Gasteiger charge is -2.41. The van der Waals surface area contributed by atoms with Gasteiger partial charge in [-0.05, 0) is 82.7 Å². The molecule has 0 radical (unpaired) electrons. The van der Waals surface area contributed by atoms with Crippen molar-refractivity contribution >= 4 is 34.6 Å². The summed E-state index contributed by atoms with van der Waals surface area (Å²) in [7, 11) is 1.71. The van der Waals surface area contributed by atoms with Gasteiger partial charge < -0.3 is 24.2 Å². The predicted octanol–water partition coefficient (Wildman–Crippen LogP) is 5.69. The van der Waals surface area contributed by atoms with Crippen LogP contribution in [0.2, 0.25) is 0 Å². The molecule has 10 nitrogen and oxygen atoms in total. The molecule has 2 saturated heterocycles. The number of carbonyl (C=O) groups excluding carboxylic acids is 2. The molecule has 0 aliphatic carbocycles. The summed E-state index contributed by atoms with van der Waals surface area (Å²) in [6.07, 6.45) is 3.54. The van der Waals surface area contributed by atoms with Crippen molar-refractivity contribution in [2.24, 2.45) is 0 Å². The molecule has 2 atom stereocenters. The Morgan fingerprint density at radius 2 is 1.84 bits per heavy atom. The van der Waals surface area contributed by atoms with Crippen LogP contribution in [0.4, 0.5) is 10.5 Å². The molecule has 2 aliphatic heterocycles. The first-order chi connectivity index (χ1) is 21.6. The summed E-state index contributed by atoms with van der Waals surface area (Å²) in [4.78, 5) is 49.0. The maximum atomic E-state index is 14.0. The van der Waals surface area contributed by atoms with Crippen LogP contribution in [0.1, 0.15) is 76.6 Å². The van der Waals surface area contributed by atoms with E-state index in [0.29, 0.717) is 39.1 Å². The third-order valence-corrected chi connectivity index (χ3v) is 9.05. The highest BCUT2D eigenvalue weighted by Crippen LogP contribution is 2.31. The number of carbonyl (C=O) groups is 3. The molecular formula is C35H47N5O5. The first-order valence-corrected chi connectivity index (χ1v) is 16.2.